The van der Waals surface area contributed by atoms with Crippen molar-refractivity contribution >= 4 is 16.8 Å². The second-order valence-corrected chi connectivity index (χ2v) is 6.64. The fourth-order valence-corrected chi connectivity index (χ4v) is 3.30. The van der Waals surface area contributed by atoms with Gasteiger partial charge in [-0.2, -0.15) is 0 Å². The van der Waals surface area contributed by atoms with Crippen LogP contribution in [0.5, 0.6) is 0 Å². The maximum Gasteiger partial charge on any atom is 0.129 e. The van der Waals surface area contributed by atoms with Crippen molar-refractivity contribution in [2.24, 2.45) is 5.14 Å². The first kappa shape index (κ1) is 12.1. The molecule has 5 heteroatoms. The highest BCUT2D eigenvalue weighted by Crippen LogP contribution is 2.54. The lowest BCUT2D eigenvalue weighted by Crippen LogP contribution is -2.08. The fraction of sp³-hybridized carbons (Fsp3) is 0.267. The second-order valence-electron chi connectivity index (χ2n) is 5.58. The van der Waals surface area contributed by atoms with E-state index in [4.69, 9.17) is 5.14 Å². The average Bonchev–Trinajstić information content (AvgIpc) is 3.17. The Morgan fingerprint density at radius 2 is 1.95 bits per heavy atom. The minimum absolute atomic E-state index is 0.344. The molecule has 0 amide bonds. The number of hydrogen-bond acceptors (Lipinski definition) is 3. The van der Waals surface area contributed by atoms with E-state index >= 15 is 0 Å². The van der Waals surface area contributed by atoms with E-state index in [1.54, 1.807) is 0 Å². The Labute approximate surface area is 120 Å². The van der Waals surface area contributed by atoms with Crippen molar-refractivity contribution in [3.05, 3.63) is 42.1 Å². The van der Waals surface area contributed by atoms with Gasteiger partial charge in [-0.1, -0.05) is 12.1 Å². The number of fused-ring (bicyclic) bond motifs is 2. The van der Waals surface area contributed by atoms with E-state index in [1.165, 1.54) is 18.4 Å². The summed E-state index contributed by atoms with van der Waals surface area (Å²) in [7, 11) is -1.42. The van der Waals surface area contributed by atoms with E-state index in [-0.39, 0.29) is 0 Å². The summed E-state index contributed by atoms with van der Waals surface area (Å²) in [5.41, 5.74) is 3.88. The Bertz CT molecular complexity index is 708. The van der Waals surface area contributed by atoms with Gasteiger partial charge in [0.05, 0.1) is 4.90 Å². The second kappa shape index (κ2) is 4.14. The van der Waals surface area contributed by atoms with Gasteiger partial charge in [0.1, 0.15) is 16.8 Å². The predicted octanol–water partition coefficient (Wildman–Crippen LogP) is 2.19. The zero-order valence-electron chi connectivity index (χ0n) is 10.9. The molecule has 20 heavy (non-hydrogen) atoms. The van der Waals surface area contributed by atoms with E-state index in [0.29, 0.717) is 10.3 Å². The van der Waals surface area contributed by atoms with Gasteiger partial charge in [-0.25, -0.2) is 14.3 Å². The molecule has 1 aromatic carbocycles. The molecule has 0 bridgehead atoms. The normalized spacial score (nSPS) is 19.4. The van der Waals surface area contributed by atoms with Crippen molar-refractivity contribution < 1.29 is 4.21 Å². The molecule has 0 saturated heterocycles. The highest BCUT2D eigenvalue weighted by atomic mass is 32.2. The van der Waals surface area contributed by atoms with E-state index in [2.05, 4.69) is 16.4 Å². The maximum atomic E-state index is 11.2. The molecular formula is C15H15N3OS. The number of nitrogens with one attached hydrogen (secondary N) is 1. The average molecular weight is 285 g/mol. The number of aromatic nitrogens is 1. The standard InChI is InChI=1S/C15H15N3OS/c16-20(19)12-3-1-10(2-4-12)11-7-13-14(17-8-11)18-9-15(13)5-6-15/h1-4,7-8H,5-6,9,16H2,(H,17,18). The summed E-state index contributed by atoms with van der Waals surface area (Å²) in [6, 6.07) is 9.76. The lowest BCUT2D eigenvalue weighted by atomic mass is 9.97. The van der Waals surface area contributed by atoms with Crippen molar-refractivity contribution in [1.29, 1.82) is 0 Å². The van der Waals surface area contributed by atoms with Crippen LogP contribution in [0.2, 0.25) is 0 Å². The highest BCUT2D eigenvalue weighted by molar-refractivity contribution is 7.82. The van der Waals surface area contributed by atoms with Gasteiger partial charge in [0, 0.05) is 29.3 Å². The number of anilines is 1. The number of pyridine rings is 1. The van der Waals surface area contributed by atoms with Gasteiger partial charge in [0.15, 0.2) is 0 Å². The molecule has 1 aliphatic heterocycles. The van der Waals surface area contributed by atoms with Gasteiger partial charge in [-0.15, -0.1) is 0 Å². The number of rotatable bonds is 2. The molecule has 1 aromatic heterocycles. The molecule has 3 N–H and O–H groups in total. The van der Waals surface area contributed by atoms with Crippen molar-refractivity contribution in [2.75, 3.05) is 11.9 Å². The molecule has 2 heterocycles. The number of nitrogens with zero attached hydrogens (tertiary/aromatic N) is 1. The summed E-state index contributed by atoms with van der Waals surface area (Å²) in [5.74, 6) is 1.03. The molecule has 0 radical (unpaired) electrons. The molecule has 1 atom stereocenters. The molecule has 4 nitrogen and oxygen atoms in total. The Kier molecular flexibility index (Phi) is 2.49. The lowest BCUT2D eigenvalue weighted by Gasteiger charge is -2.08. The summed E-state index contributed by atoms with van der Waals surface area (Å²) >= 11 is 0. The largest absolute Gasteiger partial charge is 0.369 e. The van der Waals surface area contributed by atoms with Crippen LogP contribution >= 0.6 is 0 Å². The van der Waals surface area contributed by atoms with Crippen molar-refractivity contribution in [3.63, 3.8) is 0 Å². The van der Waals surface area contributed by atoms with E-state index in [9.17, 15) is 4.21 Å². The van der Waals surface area contributed by atoms with Gasteiger partial charge in [0.2, 0.25) is 0 Å². The van der Waals surface area contributed by atoms with Crippen LogP contribution in [0.1, 0.15) is 18.4 Å². The van der Waals surface area contributed by atoms with Crippen LogP contribution in [0, 0.1) is 0 Å². The van der Waals surface area contributed by atoms with Crippen LogP contribution in [0.25, 0.3) is 11.1 Å². The van der Waals surface area contributed by atoms with Crippen molar-refractivity contribution in [3.8, 4) is 11.1 Å². The minimum Gasteiger partial charge on any atom is -0.369 e. The predicted molar refractivity (Wildman–Crippen MR) is 79.7 cm³/mol. The lowest BCUT2D eigenvalue weighted by molar-refractivity contribution is 0.684. The third kappa shape index (κ3) is 1.77. The fourth-order valence-electron chi connectivity index (χ4n) is 2.89. The topological polar surface area (TPSA) is 68.0 Å². The first-order valence-corrected chi connectivity index (χ1v) is 7.90. The maximum absolute atomic E-state index is 11.2. The molecular weight excluding hydrogens is 270 g/mol. The smallest absolute Gasteiger partial charge is 0.129 e. The van der Waals surface area contributed by atoms with Crippen LogP contribution in [-0.2, 0) is 16.4 Å². The van der Waals surface area contributed by atoms with Crippen molar-refractivity contribution in [2.45, 2.75) is 23.2 Å². The van der Waals surface area contributed by atoms with Gasteiger partial charge >= 0.3 is 0 Å². The summed E-state index contributed by atoms with van der Waals surface area (Å²) in [6.07, 6.45) is 4.40. The summed E-state index contributed by atoms with van der Waals surface area (Å²) < 4.78 is 11.2. The zero-order chi connectivity index (χ0) is 13.7. The molecule has 4 rings (SSSR count). The Balaban J connectivity index is 1.74. The SMILES string of the molecule is NS(=O)c1ccc(-c2cnc3c(c2)C2(CC2)CN3)cc1. The van der Waals surface area contributed by atoms with Crippen LogP contribution in [0.4, 0.5) is 5.82 Å². The summed E-state index contributed by atoms with van der Waals surface area (Å²) in [5, 5.41) is 8.76. The van der Waals surface area contributed by atoms with E-state index in [1.807, 2.05) is 30.5 Å². The Morgan fingerprint density at radius 1 is 1.20 bits per heavy atom. The number of hydrogen-bond donors (Lipinski definition) is 2. The van der Waals surface area contributed by atoms with Gasteiger partial charge < -0.3 is 5.32 Å². The third-order valence-electron chi connectivity index (χ3n) is 4.33. The molecule has 1 aliphatic carbocycles. The Hall–Kier alpha value is -1.72. The number of nitrogens with two attached hydrogens (primary N) is 1. The molecule has 1 unspecified atom stereocenters. The van der Waals surface area contributed by atoms with Crippen LogP contribution < -0.4 is 10.5 Å². The van der Waals surface area contributed by atoms with E-state index < -0.39 is 11.0 Å². The zero-order valence-corrected chi connectivity index (χ0v) is 11.7. The molecule has 1 fully saturated rings. The van der Waals surface area contributed by atoms with Crippen LogP contribution in [0.15, 0.2) is 41.4 Å². The summed E-state index contributed by atoms with van der Waals surface area (Å²) in [4.78, 5) is 5.17. The minimum atomic E-state index is -1.42. The first-order valence-electron chi connectivity index (χ1n) is 6.69. The van der Waals surface area contributed by atoms with Crippen LogP contribution in [-0.4, -0.2) is 15.7 Å². The molecule has 2 aliphatic rings. The quantitative estimate of drug-likeness (QED) is 0.888. The van der Waals surface area contributed by atoms with E-state index in [0.717, 1.165) is 23.5 Å². The monoisotopic (exact) mass is 285 g/mol. The van der Waals surface area contributed by atoms with Gasteiger partial charge in [-0.3, -0.25) is 0 Å². The highest BCUT2D eigenvalue weighted by Gasteiger charge is 2.49. The molecule has 2 aromatic rings. The first-order chi connectivity index (χ1) is 9.68. The molecule has 1 spiro atoms. The molecule has 1 saturated carbocycles. The van der Waals surface area contributed by atoms with Crippen molar-refractivity contribution in [1.82, 2.24) is 4.98 Å². The van der Waals surface area contributed by atoms with Gasteiger partial charge in [-0.05, 0) is 36.6 Å². The van der Waals surface area contributed by atoms with Gasteiger partial charge in [0.25, 0.3) is 0 Å². The third-order valence-corrected chi connectivity index (χ3v) is 5.06. The van der Waals surface area contributed by atoms with Crippen LogP contribution in [0.3, 0.4) is 0 Å². The number of benzene rings is 1. The molecule has 102 valence electrons. The summed E-state index contributed by atoms with van der Waals surface area (Å²) in [6.45, 7) is 1.02. The Morgan fingerprint density at radius 3 is 2.60 bits per heavy atom.